The number of fused-ring (bicyclic) bond motifs is 1. The van der Waals surface area contributed by atoms with E-state index in [-0.39, 0.29) is 5.54 Å². The van der Waals surface area contributed by atoms with E-state index in [4.69, 9.17) is 5.73 Å². The maximum absolute atomic E-state index is 6.27. The van der Waals surface area contributed by atoms with Crippen molar-refractivity contribution in [1.82, 2.24) is 4.90 Å². The number of hydrogen-bond donors (Lipinski definition) is 1. The van der Waals surface area contributed by atoms with Crippen molar-refractivity contribution in [2.75, 3.05) is 38.1 Å². The fourth-order valence-corrected chi connectivity index (χ4v) is 4.08. The fourth-order valence-electron chi connectivity index (χ4n) is 4.08. The molecule has 1 saturated heterocycles. The van der Waals surface area contributed by atoms with Crippen LogP contribution in [0.3, 0.4) is 0 Å². The standard InChI is InChI=1S/C17H27N3/c1-14-10-15-6-3-4-7-16(15)20(11-14)17(12-18)8-5-9-19(2)13-17/h3-4,6-7,14H,5,8-13,18H2,1-2H3. The van der Waals surface area contributed by atoms with E-state index in [0.717, 1.165) is 19.6 Å². The molecule has 1 aromatic carbocycles. The lowest BCUT2D eigenvalue weighted by Gasteiger charge is -2.52. The van der Waals surface area contributed by atoms with Gasteiger partial charge in [0.1, 0.15) is 0 Å². The number of hydrogen-bond acceptors (Lipinski definition) is 3. The first kappa shape index (κ1) is 13.9. The molecule has 110 valence electrons. The predicted octanol–water partition coefficient (Wildman–Crippen LogP) is 2.11. The molecule has 0 aromatic heterocycles. The molecule has 3 heteroatoms. The highest BCUT2D eigenvalue weighted by molar-refractivity contribution is 5.58. The van der Waals surface area contributed by atoms with Crippen LogP contribution in [-0.2, 0) is 6.42 Å². The zero-order valence-corrected chi connectivity index (χ0v) is 12.8. The lowest BCUT2D eigenvalue weighted by Crippen LogP contribution is -2.64. The van der Waals surface area contributed by atoms with Gasteiger partial charge in [-0.3, -0.25) is 0 Å². The molecule has 1 aromatic rings. The number of anilines is 1. The van der Waals surface area contributed by atoms with Crippen molar-refractivity contribution in [3.05, 3.63) is 29.8 Å². The number of benzene rings is 1. The van der Waals surface area contributed by atoms with Crippen molar-refractivity contribution in [2.45, 2.75) is 31.7 Å². The van der Waals surface area contributed by atoms with Gasteiger partial charge in [0.2, 0.25) is 0 Å². The summed E-state index contributed by atoms with van der Waals surface area (Å²) >= 11 is 0. The molecular weight excluding hydrogens is 246 g/mol. The van der Waals surface area contributed by atoms with Crippen LogP contribution in [0.4, 0.5) is 5.69 Å². The van der Waals surface area contributed by atoms with Crippen LogP contribution in [0.2, 0.25) is 0 Å². The molecule has 2 aliphatic rings. The molecule has 3 rings (SSSR count). The quantitative estimate of drug-likeness (QED) is 0.896. The van der Waals surface area contributed by atoms with Gasteiger partial charge in [-0.2, -0.15) is 0 Å². The Morgan fingerprint density at radius 1 is 1.35 bits per heavy atom. The van der Waals surface area contributed by atoms with E-state index in [2.05, 4.69) is 48.0 Å². The van der Waals surface area contributed by atoms with Gasteiger partial charge in [0.15, 0.2) is 0 Å². The van der Waals surface area contributed by atoms with Gasteiger partial charge in [-0.05, 0) is 50.4 Å². The molecule has 20 heavy (non-hydrogen) atoms. The first-order valence-corrected chi connectivity index (χ1v) is 7.89. The zero-order valence-electron chi connectivity index (χ0n) is 12.8. The normalized spacial score (nSPS) is 31.1. The largest absolute Gasteiger partial charge is 0.363 e. The zero-order chi connectivity index (χ0) is 14.2. The molecule has 0 aliphatic carbocycles. The van der Waals surface area contributed by atoms with Crippen LogP contribution in [0.15, 0.2) is 24.3 Å². The van der Waals surface area contributed by atoms with E-state index >= 15 is 0 Å². The summed E-state index contributed by atoms with van der Waals surface area (Å²) in [5, 5.41) is 0. The molecule has 2 aliphatic heterocycles. The molecular formula is C17H27N3. The fraction of sp³-hybridized carbons (Fsp3) is 0.647. The Hall–Kier alpha value is -1.06. The Bertz CT molecular complexity index is 473. The Morgan fingerprint density at radius 3 is 2.90 bits per heavy atom. The second kappa shape index (κ2) is 5.38. The second-order valence-electron chi connectivity index (χ2n) is 6.82. The van der Waals surface area contributed by atoms with Crippen LogP contribution in [0.25, 0.3) is 0 Å². The van der Waals surface area contributed by atoms with Crippen LogP contribution in [0, 0.1) is 5.92 Å². The molecule has 0 saturated carbocycles. The SMILES string of the molecule is CC1Cc2ccccc2N(C2(CN)CCCN(C)C2)C1. The topological polar surface area (TPSA) is 32.5 Å². The monoisotopic (exact) mass is 273 g/mol. The van der Waals surface area contributed by atoms with E-state index in [9.17, 15) is 0 Å². The van der Waals surface area contributed by atoms with Gasteiger partial charge >= 0.3 is 0 Å². The van der Waals surface area contributed by atoms with Crippen molar-refractivity contribution < 1.29 is 0 Å². The molecule has 0 amide bonds. The Morgan fingerprint density at radius 2 is 2.15 bits per heavy atom. The van der Waals surface area contributed by atoms with Gasteiger partial charge in [-0.1, -0.05) is 25.1 Å². The molecule has 3 nitrogen and oxygen atoms in total. The van der Waals surface area contributed by atoms with E-state index in [0.29, 0.717) is 5.92 Å². The summed E-state index contributed by atoms with van der Waals surface area (Å²) < 4.78 is 0. The van der Waals surface area contributed by atoms with Crippen molar-refractivity contribution in [1.29, 1.82) is 0 Å². The van der Waals surface area contributed by atoms with Gasteiger partial charge in [0.25, 0.3) is 0 Å². The molecule has 0 bridgehead atoms. The minimum Gasteiger partial charge on any atom is -0.363 e. The summed E-state index contributed by atoms with van der Waals surface area (Å²) in [5.74, 6) is 0.709. The van der Waals surface area contributed by atoms with Crippen LogP contribution in [0.1, 0.15) is 25.3 Å². The molecule has 2 atom stereocenters. The van der Waals surface area contributed by atoms with Crippen molar-refractivity contribution in [3.63, 3.8) is 0 Å². The first-order chi connectivity index (χ1) is 9.64. The van der Waals surface area contributed by atoms with Gasteiger partial charge < -0.3 is 15.5 Å². The Labute approximate surface area is 122 Å². The molecule has 0 radical (unpaired) electrons. The number of nitrogens with zero attached hydrogens (tertiary/aromatic N) is 2. The smallest absolute Gasteiger partial charge is 0.0651 e. The summed E-state index contributed by atoms with van der Waals surface area (Å²) in [6.45, 7) is 6.54. The third-order valence-corrected chi connectivity index (χ3v) is 5.04. The van der Waals surface area contributed by atoms with Crippen molar-refractivity contribution in [2.24, 2.45) is 11.7 Å². The minimum absolute atomic E-state index is 0.123. The maximum Gasteiger partial charge on any atom is 0.0651 e. The number of rotatable bonds is 2. The van der Waals surface area contributed by atoms with E-state index < -0.39 is 0 Å². The highest BCUT2D eigenvalue weighted by Crippen LogP contribution is 2.37. The molecule has 1 fully saturated rings. The van der Waals surface area contributed by atoms with Gasteiger partial charge in [-0.25, -0.2) is 0 Å². The third-order valence-electron chi connectivity index (χ3n) is 5.04. The van der Waals surface area contributed by atoms with Crippen LogP contribution in [0.5, 0.6) is 0 Å². The first-order valence-electron chi connectivity index (χ1n) is 7.89. The number of para-hydroxylation sites is 1. The second-order valence-corrected chi connectivity index (χ2v) is 6.82. The highest BCUT2D eigenvalue weighted by atomic mass is 15.3. The lowest BCUT2D eigenvalue weighted by atomic mass is 9.82. The summed E-state index contributed by atoms with van der Waals surface area (Å²) in [6, 6.07) is 8.90. The van der Waals surface area contributed by atoms with Crippen LogP contribution >= 0.6 is 0 Å². The maximum atomic E-state index is 6.27. The molecule has 2 N–H and O–H groups in total. The number of piperidine rings is 1. The highest BCUT2D eigenvalue weighted by Gasteiger charge is 2.41. The van der Waals surface area contributed by atoms with Gasteiger partial charge in [0, 0.05) is 25.3 Å². The number of nitrogens with two attached hydrogens (primary N) is 1. The summed E-state index contributed by atoms with van der Waals surface area (Å²) in [4.78, 5) is 5.07. The van der Waals surface area contributed by atoms with E-state index in [1.54, 1.807) is 0 Å². The Kier molecular flexibility index (Phi) is 3.74. The Balaban J connectivity index is 1.99. The van der Waals surface area contributed by atoms with Crippen LogP contribution in [-0.4, -0.2) is 43.7 Å². The molecule has 2 unspecified atom stereocenters. The molecule has 2 heterocycles. The minimum atomic E-state index is 0.123. The van der Waals surface area contributed by atoms with Crippen LogP contribution < -0.4 is 10.6 Å². The van der Waals surface area contributed by atoms with E-state index in [1.165, 1.54) is 37.1 Å². The van der Waals surface area contributed by atoms with Crippen molar-refractivity contribution in [3.8, 4) is 0 Å². The average Bonchev–Trinajstić information content (AvgIpc) is 2.46. The average molecular weight is 273 g/mol. The van der Waals surface area contributed by atoms with E-state index in [1.807, 2.05) is 0 Å². The van der Waals surface area contributed by atoms with Gasteiger partial charge in [0.05, 0.1) is 5.54 Å². The summed E-state index contributed by atoms with van der Waals surface area (Å²) in [5.41, 5.74) is 9.30. The van der Waals surface area contributed by atoms with Gasteiger partial charge in [-0.15, -0.1) is 0 Å². The summed E-state index contributed by atoms with van der Waals surface area (Å²) in [7, 11) is 2.23. The number of likely N-dealkylation sites (N-methyl/N-ethyl adjacent to an activating group) is 1. The third kappa shape index (κ3) is 2.33. The predicted molar refractivity (Wildman–Crippen MR) is 85.2 cm³/mol. The lowest BCUT2D eigenvalue weighted by molar-refractivity contribution is 0.168. The van der Waals surface area contributed by atoms with Crippen molar-refractivity contribution >= 4 is 5.69 Å². The summed E-state index contributed by atoms with van der Waals surface area (Å²) in [6.07, 6.45) is 3.67. The molecule has 0 spiro atoms. The number of likely N-dealkylation sites (tertiary alicyclic amines) is 1.